The Morgan fingerprint density at radius 1 is 1.13 bits per heavy atom. The maximum Gasteiger partial charge on any atom is 0.251 e. The number of benzene rings is 1. The van der Waals surface area contributed by atoms with Crippen molar-refractivity contribution in [3.8, 4) is 0 Å². The van der Waals surface area contributed by atoms with Gasteiger partial charge in [-0.3, -0.25) is 4.79 Å². The zero-order valence-corrected chi connectivity index (χ0v) is 12.9. The number of nitrogens with one attached hydrogen (secondary N) is 2. The van der Waals surface area contributed by atoms with Crippen molar-refractivity contribution >= 4 is 17.4 Å². The molecule has 7 nitrogen and oxygen atoms in total. The van der Waals surface area contributed by atoms with Crippen molar-refractivity contribution < 1.29 is 4.79 Å². The third kappa shape index (κ3) is 3.45. The Kier molecular flexibility index (Phi) is 4.46. The lowest BCUT2D eigenvalue weighted by molar-refractivity contribution is 0.0954. The zero-order chi connectivity index (χ0) is 16.1. The third-order valence-corrected chi connectivity index (χ3v) is 3.36. The Morgan fingerprint density at radius 2 is 1.96 bits per heavy atom. The molecule has 0 saturated carbocycles. The molecule has 0 aliphatic rings. The van der Waals surface area contributed by atoms with Crippen LogP contribution < -0.4 is 10.6 Å². The summed E-state index contributed by atoms with van der Waals surface area (Å²) in [6.07, 6.45) is 0.558. The van der Waals surface area contributed by atoms with Gasteiger partial charge in [-0.15, -0.1) is 15.3 Å². The van der Waals surface area contributed by atoms with Crippen molar-refractivity contribution in [2.75, 3.05) is 18.4 Å². The zero-order valence-electron chi connectivity index (χ0n) is 12.9. The number of hydrogen-bond donors (Lipinski definition) is 2. The minimum atomic E-state index is -0.0966. The van der Waals surface area contributed by atoms with E-state index in [0.717, 1.165) is 12.4 Å². The largest absolute Gasteiger partial charge is 0.369 e. The molecule has 0 atom stereocenters. The highest BCUT2D eigenvalue weighted by atomic mass is 16.1. The molecule has 2 N–H and O–H groups in total. The first-order valence-electron chi connectivity index (χ1n) is 7.56. The van der Waals surface area contributed by atoms with Gasteiger partial charge in [0.15, 0.2) is 11.5 Å². The number of hydrogen-bond acceptors (Lipinski definition) is 5. The van der Waals surface area contributed by atoms with Crippen LogP contribution in [0.3, 0.4) is 0 Å². The normalized spacial score (nSPS) is 10.7. The summed E-state index contributed by atoms with van der Waals surface area (Å²) in [7, 11) is 0. The summed E-state index contributed by atoms with van der Waals surface area (Å²) in [6.45, 7) is 3.28. The van der Waals surface area contributed by atoms with Crippen molar-refractivity contribution in [2.24, 2.45) is 0 Å². The number of nitrogens with zero attached hydrogens (tertiary/aromatic N) is 4. The second kappa shape index (κ2) is 6.87. The number of rotatable bonds is 6. The molecular weight excluding hydrogens is 292 g/mol. The maximum atomic E-state index is 12.0. The van der Waals surface area contributed by atoms with E-state index >= 15 is 0 Å². The predicted molar refractivity (Wildman–Crippen MR) is 87.4 cm³/mol. The van der Waals surface area contributed by atoms with Crippen LogP contribution in [0.4, 0.5) is 5.82 Å². The topological polar surface area (TPSA) is 84.2 Å². The Bertz CT molecular complexity index is 799. The predicted octanol–water partition coefficient (Wildman–Crippen LogP) is 1.53. The van der Waals surface area contributed by atoms with E-state index in [1.54, 1.807) is 16.6 Å². The SMILES string of the molecule is CCNc1ccc2nnc(CCNC(=O)c3ccccc3)n2n1. The average Bonchev–Trinajstić information content (AvgIpc) is 2.98. The molecule has 1 amide bonds. The molecule has 3 rings (SSSR count). The quantitative estimate of drug-likeness (QED) is 0.721. The van der Waals surface area contributed by atoms with Crippen LogP contribution in [-0.4, -0.2) is 38.8 Å². The monoisotopic (exact) mass is 310 g/mol. The molecule has 0 saturated heterocycles. The lowest BCUT2D eigenvalue weighted by atomic mass is 10.2. The van der Waals surface area contributed by atoms with Gasteiger partial charge in [0.2, 0.25) is 0 Å². The number of carbonyl (C=O) groups excluding carboxylic acids is 1. The Hall–Kier alpha value is -2.96. The molecule has 7 heteroatoms. The minimum absolute atomic E-state index is 0.0966. The van der Waals surface area contributed by atoms with Gasteiger partial charge < -0.3 is 10.6 Å². The fourth-order valence-corrected chi connectivity index (χ4v) is 2.24. The first-order chi connectivity index (χ1) is 11.3. The third-order valence-electron chi connectivity index (χ3n) is 3.36. The molecule has 0 radical (unpaired) electrons. The van der Waals surface area contributed by atoms with Gasteiger partial charge in [-0.2, -0.15) is 4.52 Å². The summed E-state index contributed by atoms with van der Waals surface area (Å²) in [5, 5.41) is 18.7. The van der Waals surface area contributed by atoms with E-state index in [0.29, 0.717) is 30.0 Å². The van der Waals surface area contributed by atoms with Crippen molar-refractivity contribution in [2.45, 2.75) is 13.3 Å². The molecule has 0 fully saturated rings. The maximum absolute atomic E-state index is 12.0. The fraction of sp³-hybridized carbons (Fsp3) is 0.250. The summed E-state index contributed by atoms with van der Waals surface area (Å²) in [4.78, 5) is 12.0. The van der Waals surface area contributed by atoms with Crippen LogP contribution in [0.15, 0.2) is 42.5 Å². The molecule has 3 aromatic rings. The highest BCUT2D eigenvalue weighted by Gasteiger charge is 2.09. The van der Waals surface area contributed by atoms with E-state index in [1.807, 2.05) is 37.3 Å². The van der Waals surface area contributed by atoms with Crippen molar-refractivity contribution in [3.05, 3.63) is 53.9 Å². The van der Waals surface area contributed by atoms with Crippen LogP contribution in [0.2, 0.25) is 0 Å². The van der Waals surface area contributed by atoms with Gasteiger partial charge in [0.05, 0.1) is 0 Å². The van der Waals surface area contributed by atoms with Crippen molar-refractivity contribution in [3.63, 3.8) is 0 Å². The average molecular weight is 310 g/mol. The fourth-order valence-electron chi connectivity index (χ4n) is 2.24. The van der Waals surface area contributed by atoms with E-state index < -0.39 is 0 Å². The van der Waals surface area contributed by atoms with Crippen molar-refractivity contribution in [1.82, 2.24) is 25.1 Å². The second-order valence-electron chi connectivity index (χ2n) is 5.01. The van der Waals surface area contributed by atoms with E-state index in [-0.39, 0.29) is 5.91 Å². The number of anilines is 1. The summed E-state index contributed by atoms with van der Waals surface area (Å²) < 4.78 is 1.70. The highest BCUT2D eigenvalue weighted by Crippen LogP contribution is 2.07. The summed E-state index contributed by atoms with van der Waals surface area (Å²) >= 11 is 0. The number of amides is 1. The highest BCUT2D eigenvalue weighted by molar-refractivity contribution is 5.94. The number of fused-ring (bicyclic) bond motifs is 1. The van der Waals surface area contributed by atoms with Gasteiger partial charge in [0.1, 0.15) is 5.82 Å². The molecule has 2 aromatic heterocycles. The van der Waals surface area contributed by atoms with Gasteiger partial charge in [-0.1, -0.05) is 18.2 Å². The van der Waals surface area contributed by atoms with Crippen LogP contribution in [0, 0.1) is 0 Å². The van der Waals surface area contributed by atoms with E-state index in [2.05, 4.69) is 25.9 Å². The van der Waals surface area contributed by atoms with Gasteiger partial charge in [-0.05, 0) is 31.2 Å². The standard InChI is InChI=1S/C16H18N6O/c1-2-17-13-8-9-14-19-20-15(22(14)21-13)10-11-18-16(23)12-6-4-3-5-7-12/h3-9H,2,10-11H2,1H3,(H,17,21)(H,18,23). The van der Waals surface area contributed by atoms with E-state index in [1.165, 1.54) is 0 Å². The first-order valence-corrected chi connectivity index (χ1v) is 7.56. The van der Waals surface area contributed by atoms with Crippen LogP contribution in [0.1, 0.15) is 23.1 Å². The number of carbonyl (C=O) groups is 1. The molecule has 23 heavy (non-hydrogen) atoms. The molecule has 0 bridgehead atoms. The van der Waals surface area contributed by atoms with Crippen LogP contribution in [-0.2, 0) is 6.42 Å². The van der Waals surface area contributed by atoms with Crippen LogP contribution in [0.25, 0.3) is 5.65 Å². The van der Waals surface area contributed by atoms with Crippen molar-refractivity contribution in [1.29, 1.82) is 0 Å². The summed E-state index contributed by atoms with van der Waals surface area (Å²) in [5.41, 5.74) is 1.34. The Morgan fingerprint density at radius 3 is 2.74 bits per heavy atom. The van der Waals surface area contributed by atoms with Crippen LogP contribution in [0.5, 0.6) is 0 Å². The molecule has 0 aliphatic carbocycles. The lowest BCUT2D eigenvalue weighted by Crippen LogP contribution is -2.26. The van der Waals surface area contributed by atoms with Gasteiger partial charge >= 0.3 is 0 Å². The molecule has 118 valence electrons. The number of aromatic nitrogens is 4. The molecule has 2 heterocycles. The molecule has 0 unspecified atom stereocenters. The minimum Gasteiger partial charge on any atom is -0.369 e. The summed E-state index contributed by atoms with van der Waals surface area (Å²) in [5.74, 6) is 1.39. The molecule has 1 aromatic carbocycles. The Labute approximate surface area is 133 Å². The molecular formula is C16H18N6O. The lowest BCUT2D eigenvalue weighted by Gasteiger charge is -2.05. The van der Waals surface area contributed by atoms with Gasteiger partial charge in [0.25, 0.3) is 5.91 Å². The van der Waals surface area contributed by atoms with Gasteiger partial charge in [-0.25, -0.2) is 0 Å². The molecule has 0 spiro atoms. The van der Waals surface area contributed by atoms with Gasteiger partial charge in [0, 0.05) is 25.1 Å². The Balaban J connectivity index is 1.65. The second-order valence-corrected chi connectivity index (χ2v) is 5.01. The first kappa shape index (κ1) is 15.0. The molecule has 0 aliphatic heterocycles. The van der Waals surface area contributed by atoms with Crippen LogP contribution >= 0.6 is 0 Å². The van der Waals surface area contributed by atoms with E-state index in [9.17, 15) is 4.79 Å². The van der Waals surface area contributed by atoms with E-state index in [4.69, 9.17) is 0 Å². The summed E-state index contributed by atoms with van der Waals surface area (Å²) in [6, 6.07) is 12.9. The smallest absolute Gasteiger partial charge is 0.251 e.